The number of ether oxygens (including phenoxy) is 2. The third kappa shape index (κ3) is 3.47. The fourth-order valence-corrected chi connectivity index (χ4v) is 4.76. The maximum absolute atomic E-state index is 12.7. The van der Waals surface area contributed by atoms with E-state index in [1.54, 1.807) is 7.11 Å². The van der Waals surface area contributed by atoms with E-state index in [1.807, 2.05) is 13.0 Å². The maximum atomic E-state index is 12.7. The van der Waals surface area contributed by atoms with Crippen LogP contribution in [0.1, 0.15) is 52.9 Å². The summed E-state index contributed by atoms with van der Waals surface area (Å²) in [5, 5.41) is 9.58. The number of methoxy groups -OCH3 is 1. The fourth-order valence-electron chi connectivity index (χ4n) is 4.76. The summed E-state index contributed by atoms with van der Waals surface area (Å²) < 4.78 is 11.2. The number of Topliss-reactive ketones (excluding diaryl/α,β-unsaturated/α-hetero) is 1. The van der Waals surface area contributed by atoms with E-state index in [4.69, 9.17) is 9.47 Å². The second-order valence-electron chi connectivity index (χ2n) is 8.17. The molecule has 0 aromatic heterocycles. The number of aliphatic hydroxyl groups excluding tert-OH is 1. The predicted molar refractivity (Wildman–Crippen MR) is 104 cm³/mol. The molecular weight excluding hydrogens is 328 g/mol. The summed E-state index contributed by atoms with van der Waals surface area (Å²) in [5.41, 5.74) is 2.28. The van der Waals surface area contributed by atoms with Gasteiger partial charge in [0.05, 0.1) is 6.10 Å². The van der Waals surface area contributed by atoms with Gasteiger partial charge in [0.25, 0.3) is 0 Å². The summed E-state index contributed by atoms with van der Waals surface area (Å²) in [6, 6.07) is 0. The molecule has 0 bridgehead atoms. The van der Waals surface area contributed by atoms with Crippen molar-refractivity contribution in [3.8, 4) is 0 Å². The van der Waals surface area contributed by atoms with E-state index in [0.29, 0.717) is 18.8 Å². The van der Waals surface area contributed by atoms with Gasteiger partial charge in [-0.1, -0.05) is 32.1 Å². The molecular formula is C22H34O4. The Balaban J connectivity index is 2.50. The van der Waals surface area contributed by atoms with E-state index < -0.39 is 5.41 Å². The highest BCUT2D eigenvalue weighted by Gasteiger charge is 2.52. The Morgan fingerprint density at radius 3 is 2.77 bits per heavy atom. The summed E-state index contributed by atoms with van der Waals surface area (Å²) in [5.74, 6) is 0.678. The Labute approximate surface area is 158 Å². The molecule has 0 radical (unpaired) electrons. The molecule has 0 aromatic rings. The molecule has 0 aromatic carbocycles. The van der Waals surface area contributed by atoms with Crippen molar-refractivity contribution in [2.45, 2.75) is 59.0 Å². The number of hydrogen-bond donors (Lipinski definition) is 1. The molecule has 1 N–H and O–H groups in total. The van der Waals surface area contributed by atoms with Crippen molar-refractivity contribution in [3.63, 3.8) is 0 Å². The lowest BCUT2D eigenvalue weighted by Crippen LogP contribution is -2.43. The molecule has 4 heteroatoms. The second-order valence-corrected chi connectivity index (χ2v) is 8.17. The monoisotopic (exact) mass is 362 g/mol. The minimum absolute atomic E-state index is 0.0351. The lowest BCUT2D eigenvalue weighted by atomic mass is 9.61. The number of hydrogen-bond acceptors (Lipinski definition) is 4. The van der Waals surface area contributed by atoms with Crippen LogP contribution in [-0.4, -0.2) is 37.5 Å². The third-order valence-corrected chi connectivity index (χ3v) is 6.67. The van der Waals surface area contributed by atoms with Gasteiger partial charge in [-0.15, -0.1) is 6.58 Å². The molecule has 2 rings (SSSR count). The van der Waals surface area contributed by atoms with Gasteiger partial charge in [-0.25, -0.2) is 0 Å². The van der Waals surface area contributed by atoms with E-state index in [-0.39, 0.29) is 30.7 Å². The molecule has 4 atom stereocenters. The van der Waals surface area contributed by atoms with Crippen molar-refractivity contribution in [1.29, 1.82) is 0 Å². The van der Waals surface area contributed by atoms with Crippen LogP contribution in [0.25, 0.3) is 0 Å². The fraction of sp³-hybridized carbons (Fsp3) is 0.682. The summed E-state index contributed by atoms with van der Waals surface area (Å²) in [4.78, 5) is 12.7. The number of carbonyl (C=O) groups is 1. The number of aliphatic hydroxyl groups is 1. The average molecular weight is 363 g/mol. The van der Waals surface area contributed by atoms with E-state index in [0.717, 1.165) is 30.4 Å². The van der Waals surface area contributed by atoms with Gasteiger partial charge in [0.15, 0.2) is 5.78 Å². The van der Waals surface area contributed by atoms with Gasteiger partial charge in [-0.2, -0.15) is 0 Å². The number of ketones is 1. The van der Waals surface area contributed by atoms with Gasteiger partial charge in [0.1, 0.15) is 6.79 Å². The Morgan fingerprint density at radius 1 is 1.50 bits per heavy atom. The highest BCUT2D eigenvalue weighted by atomic mass is 16.7. The molecule has 26 heavy (non-hydrogen) atoms. The lowest BCUT2D eigenvalue weighted by Gasteiger charge is -2.46. The summed E-state index contributed by atoms with van der Waals surface area (Å²) in [6.07, 6.45) is 5.32. The molecule has 0 saturated heterocycles. The molecule has 4 nitrogen and oxygen atoms in total. The van der Waals surface area contributed by atoms with Gasteiger partial charge < -0.3 is 14.6 Å². The van der Waals surface area contributed by atoms with Crippen molar-refractivity contribution < 1.29 is 19.4 Å². The van der Waals surface area contributed by atoms with Crippen molar-refractivity contribution in [1.82, 2.24) is 0 Å². The van der Waals surface area contributed by atoms with E-state index in [2.05, 4.69) is 27.0 Å². The zero-order chi connectivity index (χ0) is 19.5. The van der Waals surface area contributed by atoms with Crippen LogP contribution in [0, 0.1) is 16.7 Å². The quantitative estimate of drug-likeness (QED) is 0.493. The molecule has 4 unspecified atom stereocenters. The molecule has 0 amide bonds. The first-order valence-electron chi connectivity index (χ1n) is 9.56. The van der Waals surface area contributed by atoms with E-state index >= 15 is 0 Å². The highest BCUT2D eigenvalue weighted by Crippen LogP contribution is 2.57. The van der Waals surface area contributed by atoms with Crippen molar-refractivity contribution >= 4 is 5.78 Å². The van der Waals surface area contributed by atoms with Gasteiger partial charge >= 0.3 is 0 Å². The third-order valence-electron chi connectivity index (χ3n) is 6.67. The zero-order valence-corrected chi connectivity index (χ0v) is 16.8. The van der Waals surface area contributed by atoms with Crippen molar-refractivity contribution in [3.05, 3.63) is 36.0 Å². The van der Waals surface area contributed by atoms with Crippen LogP contribution in [0.3, 0.4) is 0 Å². The van der Waals surface area contributed by atoms with E-state index in [9.17, 15) is 9.90 Å². The van der Waals surface area contributed by atoms with Gasteiger partial charge in [0.2, 0.25) is 0 Å². The maximum Gasteiger partial charge on any atom is 0.159 e. The van der Waals surface area contributed by atoms with Crippen LogP contribution >= 0.6 is 0 Å². The Kier molecular flexibility index (Phi) is 6.65. The SMILES string of the molecule is C=CC(C)(CCO)C(OCOC)C(=C)C12CCC(=O)C1=C(C)C(C)CC2. The first-order chi connectivity index (χ1) is 12.3. The molecule has 0 heterocycles. The standard InChI is InChI=1S/C22H34O4/c1-7-21(5,12-13-23)20(26-14-25-6)17(4)22-10-8-15(2)16(3)19(22)18(24)9-11-22/h7,15,20,23H,1,4,8-14H2,2-3,5-6H3. The van der Waals surface area contributed by atoms with Crippen LogP contribution in [0.2, 0.25) is 0 Å². The first kappa shape index (κ1) is 21.1. The second kappa shape index (κ2) is 8.20. The number of fused-ring (bicyclic) bond motifs is 1. The molecule has 2 aliphatic carbocycles. The minimum Gasteiger partial charge on any atom is -0.396 e. The molecule has 146 valence electrons. The number of rotatable bonds is 9. The van der Waals surface area contributed by atoms with Crippen molar-refractivity contribution in [2.24, 2.45) is 16.7 Å². The molecule has 0 spiro atoms. The zero-order valence-electron chi connectivity index (χ0n) is 16.8. The summed E-state index contributed by atoms with van der Waals surface area (Å²) in [7, 11) is 1.59. The molecule has 1 fully saturated rings. The summed E-state index contributed by atoms with van der Waals surface area (Å²) in [6.45, 7) is 14.9. The minimum atomic E-state index is -0.479. The summed E-state index contributed by atoms with van der Waals surface area (Å²) >= 11 is 0. The normalized spacial score (nSPS) is 29.3. The smallest absolute Gasteiger partial charge is 0.159 e. The first-order valence-corrected chi connectivity index (χ1v) is 9.56. The average Bonchev–Trinajstić information content (AvgIpc) is 2.97. The van der Waals surface area contributed by atoms with Gasteiger partial charge in [-0.05, 0) is 44.1 Å². The number of allylic oxidation sites excluding steroid dienone is 2. The predicted octanol–water partition coefficient (Wildman–Crippen LogP) is 4.20. The van der Waals surface area contributed by atoms with Crippen LogP contribution < -0.4 is 0 Å². The van der Waals surface area contributed by atoms with Gasteiger partial charge in [0, 0.05) is 36.5 Å². The van der Waals surface area contributed by atoms with Crippen LogP contribution in [-0.2, 0) is 14.3 Å². The van der Waals surface area contributed by atoms with Crippen molar-refractivity contribution in [2.75, 3.05) is 20.5 Å². The van der Waals surface area contributed by atoms with Gasteiger partial charge in [-0.3, -0.25) is 4.79 Å². The largest absolute Gasteiger partial charge is 0.396 e. The van der Waals surface area contributed by atoms with E-state index in [1.165, 1.54) is 5.57 Å². The number of carbonyl (C=O) groups excluding carboxylic acids is 1. The van der Waals surface area contributed by atoms with Crippen LogP contribution in [0.15, 0.2) is 36.0 Å². The molecule has 2 aliphatic rings. The Morgan fingerprint density at radius 2 is 2.19 bits per heavy atom. The molecule has 0 aliphatic heterocycles. The lowest BCUT2D eigenvalue weighted by molar-refractivity contribution is -0.114. The van der Waals surface area contributed by atoms with Crippen LogP contribution in [0.5, 0.6) is 0 Å². The Hall–Kier alpha value is -1.23. The Bertz CT molecular complexity index is 605. The van der Waals surface area contributed by atoms with Crippen LogP contribution in [0.4, 0.5) is 0 Å². The highest BCUT2D eigenvalue weighted by molar-refractivity contribution is 6.01. The topological polar surface area (TPSA) is 55.8 Å². The molecule has 1 saturated carbocycles.